The Morgan fingerprint density at radius 2 is 1.71 bits per heavy atom. The fourth-order valence-corrected chi connectivity index (χ4v) is 5.38. The Hall–Kier alpha value is -2.20. The SMILES string of the molecule is CSc1ccc(C(=O)COC(=O)c2cccc(S(=O)(=O)N3CC(C)OC(C)C3)c2)cc1. The second kappa shape index (κ2) is 9.95. The van der Waals surface area contributed by atoms with Gasteiger partial charge in [-0.1, -0.05) is 18.2 Å². The van der Waals surface area contributed by atoms with Gasteiger partial charge in [0.2, 0.25) is 10.0 Å². The predicted octanol–water partition coefficient (Wildman–Crippen LogP) is 3.25. The van der Waals surface area contributed by atoms with Crippen LogP contribution in [0.3, 0.4) is 0 Å². The maximum Gasteiger partial charge on any atom is 0.338 e. The third kappa shape index (κ3) is 5.74. The molecule has 1 saturated heterocycles. The Morgan fingerprint density at radius 3 is 2.32 bits per heavy atom. The largest absolute Gasteiger partial charge is 0.454 e. The molecule has 0 saturated carbocycles. The molecule has 7 nitrogen and oxygen atoms in total. The van der Waals surface area contributed by atoms with E-state index < -0.39 is 22.6 Å². The highest BCUT2D eigenvalue weighted by molar-refractivity contribution is 7.98. The molecule has 0 bridgehead atoms. The summed E-state index contributed by atoms with van der Waals surface area (Å²) in [5.41, 5.74) is 0.512. The summed E-state index contributed by atoms with van der Waals surface area (Å²) in [5.74, 6) is -1.09. The van der Waals surface area contributed by atoms with Crippen molar-refractivity contribution in [3.63, 3.8) is 0 Å². The van der Waals surface area contributed by atoms with Crippen molar-refractivity contribution in [2.45, 2.75) is 35.8 Å². The Bertz CT molecular complexity index is 1040. The molecule has 2 aromatic rings. The molecule has 1 aliphatic heterocycles. The first-order valence-electron chi connectivity index (χ1n) is 9.80. The number of Topliss-reactive ketones (excluding diaryl/α,β-unsaturated/α-hetero) is 1. The van der Waals surface area contributed by atoms with Crippen molar-refractivity contribution in [3.05, 3.63) is 59.7 Å². The molecule has 2 aromatic carbocycles. The first-order chi connectivity index (χ1) is 14.7. The molecule has 3 rings (SSSR count). The van der Waals surface area contributed by atoms with Gasteiger partial charge in [0.25, 0.3) is 0 Å². The van der Waals surface area contributed by atoms with Gasteiger partial charge in [0.05, 0.1) is 22.7 Å². The van der Waals surface area contributed by atoms with Crippen LogP contribution in [0.1, 0.15) is 34.6 Å². The number of esters is 1. The number of rotatable bonds is 7. The molecule has 0 spiro atoms. The minimum Gasteiger partial charge on any atom is -0.454 e. The fourth-order valence-electron chi connectivity index (χ4n) is 3.33. The summed E-state index contributed by atoms with van der Waals surface area (Å²) in [6.07, 6.45) is 1.50. The van der Waals surface area contributed by atoms with E-state index in [1.165, 1.54) is 28.6 Å². The van der Waals surface area contributed by atoms with Crippen molar-refractivity contribution in [1.82, 2.24) is 4.31 Å². The van der Waals surface area contributed by atoms with Crippen molar-refractivity contribution < 1.29 is 27.5 Å². The molecule has 0 amide bonds. The van der Waals surface area contributed by atoms with Crippen LogP contribution in [0.2, 0.25) is 0 Å². The Balaban J connectivity index is 1.68. The number of ketones is 1. The first kappa shape index (κ1) is 23.5. The number of nitrogens with zero attached hydrogens (tertiary/aromatic N) is 1. The Morgan fingerprint density at radius 1 is 1.06 bits per heavy atom. The number of hydrogen-bond acceptors (Lipinski definition) is 7. The molecule has 1 aliphatic rings. The third-order valence-corrected chi connectivity index (χ3v) is 7.41. The monoisotopic (exact) mass is 463 g/mol. The molecule has 1 heterocycles. The van der Waals surface area contributed by atoms with Crippen LogP contribution in [0.4, 0.5) is 0 Å². The van der Waals surface area contributed by atoms with Gasteiger partial charge in [-0.2, -0.15) is 4.31 Å². The fraction of sp³-hybridized carbons (Fsp3) is 0.364. The van der Waals surface area contributed by atoms with E-state index in [0.717, 1.165) is 4.90 Å². The van der Waals surface area contributed by atoms with Gasteiger partial charge in [0.1, 0.15) is 0 Å². The van der Waals surface area contributed by atoms with Crippen LogP contribution in [0.25, 0.3) is 0 Å². The average molecular weight is 464 g/mol. The summed E-state index contributed by atoms with van der Waals surface area (Å²) < 4.78 is 38.1. The molecule has 31 heavy (non-hydrogen) atoms. The van der Waals surface area contributed by atoms with Crippen molar-refractivity contribution in [2.24, 2.45) is 0 Å². The van der Waals surface area contributed by atoms with Crippen LogP contribution in [-0.4, -0.2) is 62.6 Å². The highest BCUT2D eigenvalue weighted by Gasteiger charge is 2.32. The van der Waals surface area contributed by atoms with E-state index >= 15 is 0 Å². The number of carbonyl (C=O) groups is 2. The molecule has 0 aliphatic carbocycles. The number of sulfonamides is 1. The summed E-state index contributed by atoms with van der Waals surface area (Å²) in [6.45, 7) is 3.69. The van der Waals surface area contributed by atoms with Gasteiger partial charge in [-0.25, -0.2) is 13.2 Å². The molecule has 1 fully saturated rings. The lowest BCUT2D eigenvalue weighted by Gasteiger charge is -2.34. The zero-order valence-corrected chi connectivity index (χ0v) is 19.2. The van der Waals surface area contributed by atoms with Crippen molar-refractivity contribution in [3.8, 4) is 0 Å². The van der Waals surface area contributed by atoms with Crippen LogP contribution in [0, 0.1) is 0 Å². The summed E-state index contributed by atoms with van der Waals surface area (Å²) in [4.78, 5) is 25.7. The Kier molecular flexibility index (Phi) is 7.53. The second-order valence-electron chi connectivity index (χ2n) is 7.33. The van der Waals surface area contributed by atoms with E-state index in [1.807, 2.05) is 32.2 Å². The maximum absolute atomic E-state index is 13.0. The summed E-state index contributed by atoms with van der Waals surface area (Å²) in [7, 11) is -3.79. The molecule has 0 radical (unpaired) electrons. The van der Waals surface area contributed by atoms with Crippen molar-refractivity contribution >= 4 is 33.5 Å². The quantitative estimate of drug-likeness (QED) is 0.354. The number of carbonyl (C=O) groups excluding carboxylic acids is 2. The number of benzene rings is 2. The Labute approximate surface area is 186 Å². The zero-order chi connectivity index (χ0) is 22.6. The number of morpholine rings is 1. The van der Waals surface area contributed by atoms with Gasteiger partial charge in [0.15, 0.2) is 12.4 Å². The number of thioether (sulfide) groups is 1. The van der Waals surface area contributed by atoms with Crippen LogP contribution in [0.15, 0.2) is 58.3 Å². The maximum atomic E-state index is 13.0. The smallest absolute Gasteiger partial charge is 0.338 e. The minimum atomic E-state index is -3.79. The van der Waals surface area contributed by atoms with E-state index in [-0.39, 0.29) is 41.5 Å². The van der Waals surface area contributed by atoms with Crippen molar-refractivity contribution in [2.75, 3.05) is 26.0 Å². The molecule has 166 valence electrons. The minimum absolute atomic E-state index is 0.00207. The van der Waals surface area contributed by atoms with Crippen LogP contribution < -0.4 is 0 Å². The predicted molar refractivity (Wildman–Crippen MR) is 118 cm³/mol. The zero-order valence-electron chi connectivity index (χ0n) is 17.6. The van der Waals surface area contributed by atoms with Crippen LogP contribution in [-0.2, 0) is 19.5 Å². The van der Waals surface area contributed by atoms with Crippen LogP contribution >= 0.6 is 11.8 Å². The second-order valence-corrected chi connectivity index (χ2v) is 10.2. The first-order valence-corrected chi connectivity index (χ1v) is 12.5. The molecule has 2 atom stereocenters. The highest BCUT2D eigenvalue weighted by Crippen LogP contribution is 2.22. The summed E-state index contributed by atoms with van der Waals surface area (Å²) >= 11 is 1.56. The molecular weight excluding hydrogens is 438 g/mol. The van der Waals surface area contributed by atoms with Gasteiger partial charge in [-0.3, -0.25) is 4.79 Å². The van der Waals surface area contributed by atoms with E-state index in [4.69, 9.17) is 9.47 Å². The van der Waals surface area contributed by atoms with E-state index in [1.54, 1.807) is 23.9 Å². The van der Waals surface area contributed by atoms with Crippen molar-refractivity contribution in [1.29, 1.82) is 0 Å². The lowest BCUT2D eigenvalue weighted by atomic mass is 10.1. The molecule has 0 N–H and O–H groups in total. The van der Waals surface area contributed by atoms with E-state index in [0.29, 0.717) is 5.56 Å². The molecular formula is C22H25NO6S2. The standard InChI is InChI=1S/C22H25NO6S2/c1-15-12-23(13-16(2)29-15)31(26,27)20-6-4-5-18(11-20)22(25)28-14-21(24)17-7-9-19(30-3)10-8-17/h4-11,15-16H,12-14H2,1-3H3. The van der Waals surface area contributed by atoms with E-state index in [2.05, 4.69) is 0 Å². The van der Waals surface area contributed by atoms with Gasteiger partial charge in [-0.05, 0) is 50.4 Å². The summed E-state index contributed by atoms with van der Waals surface area (Å²) in [6, 6.07) is 12.7. The summed E-state index contributed by atoms with van der Waals surface area (Å²) in [5, 5.41) is 0. The van der Waals surface area contributed by atoms with Gasteiger partial charge in [-0.15, -0.1) is 11.8 Å². The van der Waals surface area contributed by atoms with Gasteiger partial charge >= 0.3 is 5.97 Å². The van der Waals surface area contributed by atoms with Crippen LogP contribution in [0.5, 0.6) is 0 Å². The third-order valence-electron chi connectivity index (χ3n) is 4.84. The molecule has 2 unspecified atom stereocenters. The molecule has 0 aromatic heterocycles. The lowest BCUT2D eigenvalue weighted by Crippen LogP contribution is -2.48. The van der Waals surface area contributed by atoms with Gasteiger partial charge < -0.3 is 9.47 Å². The number of ether oxygens (including phenoxy) is 2. The van der Waals surface area contributed by atoms with Gasteiger partial charge in [0, 0.05) is 23.5 Å². The number of hydrogen-bond donors (Lipinski definition) is 0. The highest BCUT2D eigenvalue weighted by atomic mass is 32.2. The average Bonchev–Trinajstić information content (AvgIpc) is 2.76. The van der Waals surface area contributed by atoms with E-state index in [9.17, 15) is 18.0 Å². The topological polar surface area (TPSA) is 90.0 Å². The lowest BCUT2D eigenvalue weighted by molar-refractivity contribution is -0.0440. The molecule has 9 heteroatoms. The normalized spacial score (nSPS) is 19.7.